The molecule has 0 spiro atoms. The van der Waals surface area contributed by atoms with Crippen molar-refractivity contribution in [3.8, 4) is 0 Å². The van der Waals surface area contributed by atoms with E-state index in [9.17, 15) is 0 Å². The normalized spacial score (nSPS) is 43.7. The molecule has 3 nitrogen and oxygen atoms in total. The molecule has 0 unspecified atom stereocenters. The van der Waals surface area contributed by atoms with Crippen molar-refractivity contribution in [2.75, 3.05) is 6.54 Å². The first kappa shape index (κ1) is 6.99. The number of nitrogens with two attached hydrogens (primary N) is 1. The largest absolute Gasteiger partial charge is 0.390 e. The molecule has 9 heavy (non-hydrogen) atoms. The molecule has 1 saturated heterocycles. The number of ether oxygens (including phenoxy) is 1. The number of aliphatic hydroxyl groups is 1. The monoisotopic (exact) mass is 131 g/mol. The molecule has 0 aromatic rings. The molecule has 0 aromatic heterocycles. The molecule has 1 aliphatic heterocycles. The van der Waals surface area contributed by atoms with Crippen LogP contribution in [0.5, 0.6) is 0 Å². The van der Waals surface area contributed by atoms with Crippen LogP contribution >= 0.6 is 0 Å². The van der Waals surface area contributed by atoms with Gasteiger partial charge < -0.3 is 15.6 Å². The molecule has 0 saturated carbocycles. The molecular weight excluding hydrogens is 118 g/mol. The molecule has 3 heteroatoms. The van der Waals surface area contributed by atoms with Gasteiger partial charge in [0.2, 0.25) is 0 Å². The molecule has 1 heterocycles. The zero-order valence-electron chi connectivity index (χ0n) is 5.58. The summed E-state index contributed by atoms with van der Waals surface area (Å²) in [6, 6.07) is 0. The third-order valence-corrected chi connectivity index (χ3v) is 1.72. The van der Waals surface area contributed by atoms with Gasteiger partial charge in [0.25, 0.3) is 0 Å². The maximum absolute atomic E-state index is 9.12. The van der Waals surface area contributed by atoms with E-state index in [1.54, 1.807) is 0 Å². The van der Waals surface area contributed by atoms with Crippen molar-refractivity contribution in [1.29, 1.82) is 0 Å². The Morgan fingerprint density at radius 3 is 2.67 bits per heavy atom. The summed E-state index contributed by atoms with van der Waals surface area (Å²) < 4.78 is 5.25. The zero-order chi connectivity index (χ0) is 6.85. The standard InChI is InChI=1S/C6H13NO2/c1-4-6(8)2-5(3-7)9-4/h4-6,8H,2-3,7H2,1H3/t4-,5+,6+/m1/s1. The Morgan fingerprint density at radius 2 is 2.44 bits per heavy atom. The first-order valence-electron chi connectivity index (χ1n) is 3.27. The van der Waals surface area contributed by atoms with E-state index < -0.39 is 0 Å². The van der Waals surface area contributed by atoms with Crippen molar-refractivity contribution in [2.45, 2.75) is 31.7 Å². The van der Waals surface area contributed by atoms with Gasteiger partial charge in [0.15, 0.2) is 0 Å². The van der Waals surface area contributed by atoms with Crippen molar-refractivity contribution < 1.29 is 9.84 Å². The lowest BCUT2D eigenvalue weighted by atomic mass is 10.1. The predicted molar refractivity (Wildman–Crippen MR) is 34.0 cm³/mol. The zero-order valence-corrected chi connectivity index (χ0v) is 5.58. The topological polar surface area (TPSA) is 55.5 Å². The van der Waals surface area contributed by atoms with Crippen molar-refractivity contribution in [3.05, 3.63) is 0 Å². The Hall–Kier alpha value is -0.120. The summed E-state index contributed by atoms with van der Waals surface area (Å²) in [4.78, 5) is 0. The molecule has 54 valence electrons. The highest BCUT2D eigenvalue weighted by Gasteiger charge is 2.29. The van der Waals surface area contributed by atoms with E-state index in [0.717, 1.165) is 0 Å². The van der Waals surface area contributed by atoms with Crippen LogP contribution in [0, 0.1) is 0 Å². The lowest BCUT2D eigenvalue weighted by Crippen LogP contribution is -2.19. The molecule has 0 aliphatic carbocycles. The summed E-state index contributed by atoms with van der Waals surface area (Å²) in [6.45, 7) is 2.38. The molecule has 0 bridgehead atoms. The summed E-state index contributed by atoms with van der Waals surface area (Å²) in [7, 11) is 0. The third kappa shape index (κ3) is 1.41. The Balaban J connectivity index is 2.35. The summed E-state index contributed by atoms with van der Waals surface area (Å²) in [5, 5.41) is 9.12. The Labute approximate surface area is 54.8 Å². The highest BCUT2D eigenvalue weighted by molar-refractivity contribution is 4.78. The molecule has 1 fully saturated rings. The SMILES string of the molecule is C[C@H]1O[C@H](CN)C[C@@H]1O. The molecule has 0 amide bonds. The highest BCUT2D eigenvalue weighted by atomic mass is 16.5. The van der Waals surface area contributed by atoms with Crippen LogP contribution in [0.15, 0.2) is 0 Å². The minimum atomic E-state index is -0.307. The molecule has 1 aliphatic rings. The van der Waals surface area contributed by atoms with Crippen LogP contribution in [0.4, 0.5) is 0 Å². The maximum Gasteiger partial charge on any atom is 0.0824 e. The van der Waals surface area contributed by atoms with E-state index in [0.29, 0.717) is 13.0 Å². The number of aliphatic hydroxyl groups excluding tert-OH is 1. The van der Waals surface area contributed by atoms with E-state index in [-0.39, 0.29) is 18.3 Å². The first-order valence-corrected chi connectivity index (χ1v) is 3.27. The van der Waals surface area contributed by atoms with Crippen LogP contribution in [-0.2, 0) is 4.74 Å². The lowest BCUT2D eigenvalue weighted by molar-refractivity contribution is 0.0255. The van der Waals surface area contributed by atoms with Gasteiger partial charge in [0, 0.05) is 13.0 Å². The average molecular weight is 131 g/mol. The van der Waals surface area contributed by atoms with Gasteiger partial charge in [0.1, 0.15) is 0 Å². The van der Waals surface area contributed by atoms with Crippen LogP contribution in [0.3, 0.4) is 0 Å². The van der Waals surface area contributed by atoms with E-state index in [4.69, 9.17) is 15.6 Å². The van der Waals surface area contributed by atoms with Gasteiger partial charge in [0.05, 0.1) is 18.3 Å². The van der Waals surface area contributed by atoms with Crippen LogP contribution in [0.2, 0.25) is 0 Å². The second-order valence-corrected chi connectivity index (χ2v) is 2.50. The van der Waals surface area contributed by atoms with E-state index in [1.807, 2.05) is 6.92 Å². The number of hydrogen-bond acceptors (Lipinski definition) is 3. The molecule has 0 radical (unpaired) electrons. The average Bonchev–Trinajstić information content (AvgIpc) is 2.13. The van der Waals surface area contributed by atoms with Gasteiger partial charge in [-0.3, -0.25) is 0 Å². The van der Waals surface area contributed by atoms with Crippen molar-refractivity contribution in [2.24, 2.45) is 5.73 Å². The van der Waals surface area contributed by atoms with E-state index in [1.165, 1.54) is 0 Å². The van der Waals surface area contributed by atoms with Crippen LogP contribution < -0.4 is 5.73 Å². The van der Waals surface area contributed by atoms with Gasteiger partial charge >= 0.3 is 0 Å². The van der Waals surface area contributed by atoms with Crippen LogP contribution in [0.25, 0.3) is 0 Å². The maximum atomic E-state index is 9.12. The smallest absolute Gasteiger partial charge is 0.0824 e. The highest BCUT2D eigenvalue weighted by Crippen LogP contribution is 2.18. The molecule has 3 atom stereocenters. The molecule has 3 N–H and O–H groups in total. The van der Waals surface area contributed by atoms with Gasteiger partial charge in [-0.2, -0.15) is 0 Å². The van der Waals surface area contributed by atoms with Crippen molar-refractivity contribution in [3.63, 3.8) is 0 Å². The number of rotatable bonds is 1. The fourth-order valence-electron chi connectivity index (χ4n) is 1.06. The molecular formula is C6H13NO2. The van der Waals surface area contributed by atoms with Crippen molar-refractivity contribution >= 4 is 0 Å². The first-order chi connectivity index (χ1) is 4.24. The van der Waals surface area contributed by atoms with Gasteiger partial charge in [-0.05, 0) is 6.92 Å². The van der Waals surface area contributed by atoms with Crippen molar-refractivity contribution in [1.82, 2.24) is 0 Å². The Bertz CT molecular complexity index is 87.1. The van der Waals surface area contributed by atoms with E-state index >= 15 is 0 Å². The van der Waals surface area contributed by atoms with Crippen LogP contribution in [0.1, 0.15) is 13.3 Å². The molecule has 1 rings (SSSR count). The molecule has 0 aromatic carbocycles. The van der Waals surface area contributed by atoms with Gasteiger partial charge in [-0.15, -0.1) is 0 Å². The third-order valence-electron chi connectivity index (χ3n) is 1.72. The fraction of sp³-hybridized carbons (Fsp3) is 1.00. The van der Waals surface area contributed by atoms with Gasteiger partial charge in [-0.1, -0.05) is 0 Å². The summed E-state index contributed by atoms with van der Waals surface area (Å²) >= 11 is 0. The second kappa shape index (κ2) is 2.64. The summed E-state index contributed by atoms with van der Waals surface area (Å²) in [5.74, 6) is 0. The minimum absolute atomic E-state index is 0.0291. The Morgan fingerprint density at radius 1 is 1.78 bits per heavy atom. The second-order valence-electron chi connectivity index (χ2n) is 2.50. The van der Waals surface area contributed by atoms with Gasteiger partial charge in [-0.25, -0.2) is 0 Å². The predicted octanol–water partition coefficient (Wildman–Crippen LogP) is -0.517. The quantitative estimate of drug-likeness (QED) is 0.503. The lowest BCUT2D eigenvalue weighted by Gasteiger charge is -2.06. The Kier molecular flexibility index (Phi) is 2.05. The number of hydrogen-bond donors (Lipinski definition) is 2. The summed E-state index contributed by atoms with van der Waals surface area (Å²) in [5.41, 5.74) is 5.32. The fourth-order valence-corrected chi connectivity index (χ4v) is 1.06. The summed E-state index contributed by atoms with van der Waals surface area (Å²) in [6.07, 6.45) is 0.435. The van der Waals surface area contributed by atoms with Crippen LogP contribution in [-0.4, -0.2) is 30.0 Å². The minimum Gasteiger partial charge on any atom is -0.390 e. The van der Waals surface area contributed by atoms with E-state index in [2.05, 4.69) is 0 Å².